The normalized spacial score (nSPS) is 18.6. The standard InChI is InChI=1S/C20H25N5O3/c1-24-17-9-10-25(20(27)21-12-15-8-5-11-28-15)13-16(17)18(23-24)19(26)22-14-6-3-2-4-7-14/h2-4,6-7,15H,5,8-13H2,1H3,(H,21,27)(H,22,26)/t15-/m0/s1. The zero-order valence-electron chi connectivity index (χ0n) is 16.0. The summed E-state index contributed by atoms with van der Waals surface area (Å²) in [5.74, 6) is -0.260. The summed E-state index contributed by atoms with van der Waals surface area (Å²) in [5, 5.41) is 10.2. The van der Waals surface area contributed by atoms with Gasteiger partial charge in [-0.25, -0.2) is 4.79 Å². The van der Waals surface area contributed by atoms with Crippen LogP contribution in [0.2, 0.25) is 0 Å². The lowest BCUT2D eigenvalue weighted by molar-refractivity contribution is 0.101. The van der Waals surface area contributed by atoms with Gasteiger partial charge in [-0.15, -0.1) is 0 Å². The Hall–Kier alpha value is -2.87. The van der Waals surface area contributed by atoms with Crippen molar-refractivity contribution in [3.05, 3.63) is 47.3 Å². The zero-order valence-corrected chi connectivity index (χ0v) is 16.0. The van der Waals surface area contributed by atoms with Crippen molar-refractivity contribution < 1.29 is 14.3 Å². The summed E-state index contributed by atoms with van der Waals surface area (Å²) in [6.07, 6.45) is 2.81. The highest BCUT2D eigenvalue weighted by Gasteiger charge is 2.29. The highest BCUT2D eigenvalue weighted by molar-refractivity contribution is 6.04. The number of carbonyl (C=O) groups is 2. The largest absolute Gasteiger partial charge is 0.376 e. The molecule has 2 aliphatic rings. The molecule has 0 radical (unpaired) electrons. The highest BCUT2D eigenvalue weighted by Crippen LogP contribution is 2.23. The quantitative estimate of drug-likeness (QED) is 0.844. The predicted molar refractivity (Wildman–Crippen MR) is 104 cm³/mol. The molecule has 1 atom stereocenters. The Kier molecular flexibility index (Phi) is 5.29. The maximum atomic E-state index is 12.8. The smallest absolute Gasteiger partial charge is 0.317 e. The molecular weight excluding hydrogens is 358 g/mol. The third kappa shape index (κ3) is 3.87. The van der Waals surface area contributed by atoms with Gasteiger partial charge in [0.05, 0.1) is 12.6 Å². The number of benzene rings is 1. The third-order valence-electron chi connectivity index (χ3n) is 5.28. The van der Waals surface area contributed by atoms with Crippen LogP contribution in [0.1, 0.15) is 34.6 Å². The molecule has 4 rings (SSSR count). The molecule has 1 saturated heterocycles. The summed E-state index contributed by atoms with van der Waals surface area (Å²) in [6.45, 7) is 2.27. The minimum Gasteiger partial charge on any atom is -0.376 e. The van der Waals surface area contributed by atoms with Gasteiger partial charge in [-0.05, 0) is 25.0 Å². The summed E-state index contributed by atoms with van der Waals surface area (Å²) >= 11 is 0. The number of hydrogen-bond donors (Lipinski definition) is 2. The number of aromatic nitrogens is 2. The topological polar surface area (TPSA) is 88.5 Å². The molecular formula is C20H25N5O3. The number of aryl methyl sites for hydroxylation is 1. The van der Waals surface area contributed by atoms with Gasteiger partial charge in [0.1, 0.15) is 0 Å². The van der Waals surface area contributed by atoms with Crippen LogP contribution in [-0.4, -0.2) is 52.4 Å². The maximum Gasteiger partial charge on any atom is 0.317 e. The van der Waals surface area contributed by atoms with Crippen molar-refractivity contribution in [1.29, 1.82) is 0 Å². The van der Waals surface area contributed by atoms with Gasteiger partial charge in [-0.3, -0.25) is 9.48 Å². The Morgan fingerprint density at radius 1 is 1.29 bits per heavy atom. The zero-order chi connectivity index (χ0) is 19.5. The summed E-state index contributed by atoms with van der Waals surface area (Å²) < 4.78 is 7.30. The lowest BCUT2D eigenvalue weighted by Crippen LogP contribution is -2.45. The minimum atomic E-state index is -0.260. The Morgan fingerprint density at radius 3 is 2.86 bits per heavy atom. The molecule has 1 aromatic carbocycles. The molecule has 0 aliphatic carbocycles. The van der Waals surface area contributed by atoms with Crippen LogP contribution in [0.25, 0.3) is 0 Å². The molecule has 2 aliphatic heterocycles. The van der Waals surface area contributed by atoms with Crippen molar-refractivity contribution >= 4 is 17.6 Å². The van der Waals surface area contributed by atoms with Gasteiger partial charge in [0, 0.05) is 50.1 Å². The first-order valence-electron chi connectivity index (χ1n) is 9.67. The summed E-state index contributed by atoms with van der Waals surface area (Å²) in [4.78, 5) is 27.1. The first-order chi connectivity index (χ1) is 13.6. The fraction of sp³-hybridized carbons (Fsp3) is 0.450. The molecule has 2 N–H and O–H groups in total. The number of anilines is 1. The lowest BCUT2D eigenvalue weighted by Gasteiger charge is -2.28. The van der Waals surface area contributed by atoms with Crippen molar-refractivity contribution in [3.63, 3.8) is 0 Å². The van der Waals surface area contributed by atoms with Crippen LogP contribution in [-0.2, 0) is 24.8 Å². The van der Waals surface area contributed by atoms with E-state index in [-0.39, 0.29) is 18.0 Å². The van der Waals surface area contributed by atoms with Gasteiger partial charge in [-0.1, -0.05) is 18.2 Å². The van der Waals surface area contributed by atoms with Crippen LogP contribution >= 0.6 is 0 Å². The molecule has 0 saturated carbocycles. The Labute approximate surface area is 163 Å². The molecule has 0 bridgehead atoms. The summed E-state index contributed by atoms with van der Waals surface area (Å²) in [6, 6.07) is 9.16. The van der Waals surface area contributed by atoms with E-state index < -0.39 is 0 Å². The molecule has 8 heteroatoms. The molecule has 3 heterocycles. The monoisotopic (exact) mass is 383 g/mol. The van der Waals surface area contributed by atoms with Crippen LogP contribution in [0.3, 0.4) is 0 Å². The van der Waals surface area contributed by atoms with Crippen molar-refractivity contribution in [1.82, 2.24) is 20.0 Å². The van der Waals surface area contributed by atoms with Crippen LogP contribution in [0.5, 0.6) is 0 Å². The molecule has 0 unspecified atom stereocenters. The number of fused-ring (bicyclic) bond motifs is 1. The van der Waals surface area contributed by atoms with E-state index in [0.29, 0.717) is 37.4 Å². The van der Waals surface area contributed by atoms with Crippen molar-refractivity contribution in [3.8, 4) is 0 Å². The van der Waals surface area contributed by atoms with Crippen LogP contribution in [0, 0.1) is 0 Å². The minimum absolute atomic E-state index is 0.106. The maximum absolute atomic E-state index is 12.8. The molecule has 28 heavy (non-hydrogen) atoms. The molecule has 2 aromatic rings. The number of amides is 3. The fourth-order valence-corrected chi connectivity index (χ4v) is 3.78. The number of hydrogen-bond acceptors (Lipinski definition) is 4. The van der Waals surface area contributed by atoms with Crippen LogP contribution < -0.4 is 10.6 Å². The van der Waals surface area contributed by atoms with E-state index >= 15 is 0 Å². The molecule has 3 amide bonds. The second kappa shape index (κ2) is 8.02. The second-order valence-corrected chi connectivity index (χ2v) is 7.21. The number of para-hydroxylation sites is 1. The van der Waals surface area contributed by atoms with Crippen LogP contribution in [0.15, 0.2) is 30.3 Å². The van der Waals surface area contributed by atoms with E-state index in [9.17, 15) is 9.59 Å². The molecule has 8 nitrogen and oxygen atoms in total. The van der Waals surface area contributed by atoms with Gasteiger partial charge >= 0.3 is 6.03 Å². The Balaban J connectivity index is 1.45. The second-order valence-electron chi connectivity index (χ2n) is 7.21. The van der Waals surface area contributed by atoms with Crippen LogP contribution in [0.4, 0.5) is 10.5 Å². The molecule has 1 fully saturated rings. The number of nitrogens with one attached hydrogen (secondary N) is 2. The van der Waals surface area contributed by atoms with Gasteiger partial charge in [0.2, 0.25) is 0 Å². The van der Waals surface area contributed by atoms with E-state index in [4.69, 9.17) is 4.74 Å². The SMILES string of the molecule is Cn1nc(C(=O)Nc2ccccc2)c2c1CCN(C(=O)NC[C@@H]1CCCO1)C2. The first kappa shape index (κ1) is 18.5. The van der Waals surface area contributed by atoms with Gasteiger partial charge in [0.25, 0.3) is 5.91 Å². The summed E-state index contributed by atoms with van der Waals surface area (Å²) in [7, 11) is 1.84. The van der Waals surface area contributed by atoms with E-state index in [1.54, 1.807) is 9.58 Å². The molecule has 1 aromatic heterocycles. The fourth-order valence-electron chi connectivity index (χ4n) is 3.78. The number of rotatable bonds is 4. The number of carbonyl (C=O) groups excluding carboxylic acids is 2. The molecule has 0 spiro atoms. The Bertz CT molecular complexity index is 858. The van der Waals surface area contributed by atoms with E-state index in [1.807, 2.05) is 37.4 Å². The number of urea groups is 1. The summed E-state index contributed by atoms with van der Waals surface area (Å²) in [5.41, 5.74) is 2.91. The Morgan fingerprint density at radius 2 is 2.11 bits per heavy atom. The lowest BCUT2D eigenvalue weighted by atomic mass is 10.0. The van der Waals surface area contributed by atoms with Gasteiger partial charge < -0.3 is 20.3 Å². The average molecular weight is 383 g/mol. The van der Waals surface area contributed by atoms with Gasteiger partial charge in [0.15, 0.2) is 5.69 Å². The first-order valence-corrected chi connectivity index (χ1v) is 9.67. The average Bonchev–Trinajstić information content (AvgIpc) is 3.35. The van der Waals surface area contributed by atoms with E-state index in [2.05, 4.69) is 15.7 Å². The van der Waals surface area contributed by atoms with Gasteiger partial charge in [-0.2, -0.15) is 5.10 Å². The van der Waals surface area contributed by atoms with E-state index in [1.165, 1.54) is 0 Å². The number of ether oxygens (including phenoxy) is 1. The molecule has 148 valence electrons. The van der Waals surface area contributed by atoms with Crippen molar-refractivity contribution in [2.45, 2.75) is 31.9 Å². The highest BCUT2D eigenvalue weighted by atomic mass is 16.5. The van der Waals surface area contributed by atoms with Crippen molar-refractivity contribution in [2.75, 3.05) is 25.0 Å². The predicted octanol–water partition coefficient (Wildman–Crippen LogP) is 1.92. The van der Waals surface area contributed by atoms with E-state index in [0.717, 1.165) is 30.7 Å². The third-order valence-corrected chi connectivity index (χ3v) is 5.28. The van der Waals surface area contributed by atoms with Crippen molar-refractivity contribution in [2.24, 2.45) is 7.05 Å². The number of nitrogens with zero attached hydrogens (tertiary/aromatic N) is 3.